The third-order valence-electron chi connectivity index (χ3n) is 4.71. The Morgan fingerprint density at radius 2 is 1.57 bits per heavy atom. The molecule has 0 atom stereocenters. The average molecular weight is 392 g/mol. The summed E-state index contributed by atoms with van der Waals surface area (Å²) in [6.45, 7) is 0.638. The van der Waals surface area contributed by atoms with E-state index in [0.29, 0.717) is 29.0 Å². The summed E-state index contributed by atoms with van der Waals surface area (Å²) in [5.74, 6) is 0. The summed E-state index contributed by atoms with van der Waals surface area (Å²) in [6, 6.07) is 20.6. The second-order valence-electron chi connectivity index (χ2n) is 6.56. The van der Waals surface area contributed by atoms with E-state index in [1.807, 2.05) is 42.5 Å². The maximum Gasteiger partial charge on any atom is 0.331 e. The highest BCUT2D eigenvalue weighted by atomic mass is 35.5. The van der Waals surface area contributed by atoms with E-state index < -0.39 is 0 Å². The van der Waals surface area contributed by atoms with Crippen LogP contribution in [0.4, 0.5) is 0 Å². The molecule has 140 valence electrons. The van der Waals surface area contributed by atoms with Gasteiger partial charge in [-0.3, -0.25) is 13.9 Å². The Labute approximate surface area is 166 Å². The highest BCUT2D eigenvalue weighted by Gasteiger charge is 2.14. The summed E-state index contributed by atoms with van der Waals surface area (Å²) < 4.78 is 2.87. The number of aryl methyl sites for hydroxylation is 2. The molecule has 0 N–H and O–H groups in total. The van der Waals surface area contributed by atoms with Crippen LogP contribution < -0.4 is 11.2 Å². The zero-order valence-corrected chi connectivity index (χ0v) is 15.8. The van der Waals surface area contributed by atoms with Crippen LogP contribution in [0.5, 0.6) is 0 Å². The summed E-state index contributed by atoms with van der Waals surface area (Å²) in [7, 11) is 0. The molecule has 5 nitrogen and oxygen atoms in total. The molecule has 6 heteroatoms. The van der Waals surface area contributed by atoms with Gasteiger partial charge in [-0.1, -0.05) is 54.1 Å². The first-order valence-corrected chi connectivity index (χ1v) is 9.38. The van der Waals surface area contributed by atoms with Gasteiger partial charge in [0.1, 0.15) is 0 Å². The number of rotatable bonds is 5. The first-order valence-electron chi connectivity index (χ1n) is 9.00. The van der Waals surface area contributed by atoms with Crippen LogP contribution in [0.3, 0.4) is 0 Å². The van der Waals surface area contributed by atoms with Crippen molar-refractivity contribution in [2.75, 3.05) is 0 Å². The standard InChI is InChI=1S/C22H18ClN3O2/c23-18-10-8-17(9-11-18)15-26-21(27)20-19(7-4-13-24-20)25(22(26)28)14-12-16-5-2-1-3-6-16/h1-11,13H,12,14-15H2. The van der Waals surface area contributed by atoms with Crippen molar-refractivity contribution >= 4 is 22.6 Å². The Kier molecular flexibility index (Phi) is 5.08. The van der Waals surface area contributed by atoms with Gasteiger partial charge in [-0.05, 0) is 41.8 Å². The summed E-state index contributed by atoms with van der Waals surface area (Å²) in [6.07, 6.45) is 2.26. The van der Waals surface area contributed by atoms with Gasteiger partial charge in [0.05, 0.1) is 12.1 Å². The van der Waals surface area contributed by atoms with Crippen LogP contribution in [0.25, 0.3) is 11.0 Å². The van der Waals surface area contributed by atoms with E-state index in [9.17, 15) is 9.59 Å². The molecule has 0 unspecified atom stereocenters. The number of fused-ring (bicyclic) bond motifs is 1. The van der Waals surface area contributed by atoms with Crippen LogP contribution in [0.15, 0.2) is 82.5 Å². The number of aromatic nitrogens is 3. The van der Waals surface area contributed by atoms with Crippen molar-refractivity contribution in [2.24, 2.45) is 0 Å². The van der Waals surface area contributed by atoms with E-state index in [1.165, 1.54) is 4.57 Å². The lowest BCUT2D eigenvalue weighted by Gasteiger charge is -2.14. The summed E-state index contributed by atoms with van der Waals surface area (Å²) >= 11 is 5.94. The second-order valence-corrected chi connectivity index (χ2v) is 7.00. The van der Waals surface area contributed by atoms with Crippen LogP contribution in [0, 0.1) is 0 Å². The fourth-order valence-electron chi connectivity index (χ4n) is 3.26. The van der Waals surface area contributed by atoms with Crippen LogP contribution in [0.2, 0.25) is 5.02 Å². The lowest BCUT2D eigenvalue weighted by atomic mass is 10.1. The number of hydrogen-bond acceptors (Lipinski definition) is 3. The van der Waals surface area contributed by atoms with E-state index in [2.05, 4.69) is 4.98 Å². The summed E-state index contributed by atoms with van der Waals surface area (Å²) in [4.78, 5) is 30.3. The first kappa shape index (κ1) is 18.2. The van der Waals surface area contributed by atoms with Crippen LogP contribution in [-0.4, -0.2) is 14.1 Å². The SMILES string of the molecule is O=c1c2ncccc2n(CCc2ccccc2)c(=O)n1Cc1ccc(Cl)cc1. The van der Waals surface area contributed by atoms with Crippen LogP contribution >= 0.6 is 11.6 Å². The Morgan fingerprint density at radius 3 is 2.32 bits per heavy atom. The Bertz CT molecular complexity index is 1230. The molecule has 0 fully saturated rings. The molecule has 0 radical (unpaired) electrons. The van der Waals surface area contributed by atoms with Crippen molar-refractivity contribution < 1.29 is 0 Å². The van der Waals surface area contributed by atoms with E-state index in [4.69, 9.17) is 11.6 Å². The highest BCUT2D eigenvalue weighted by molar-refractivity contribution is 6.30. The molecule has 0 bridgehead atoms. The van der Waals surface area contributed by atoms with Gasteiger partial charge in [0.2, 0.25) is 0 Å². The normalized spacial score (nSPS) is 11.0. The molecule has 0 spiro atoms. The molecule has 0 saturated heterocycles. The van der Waals surface area contributed by atoms with Gasteiger partial charge in [-0.25, -0.2) is 9.78 Å². The molecular formula is C22H18ClN3O2. The monoisotopic (exact) mass is 391 g/mol. The average Bonchev–Trinajstić information content (AvgIpc) is 2.73. The van der Waals surface area contributed by atoms with Gasteiger partial charge in [0, 0.05) is 17.8 Å². The van der Waals surface area contributed by atoms with Crippen molar-refractivity contribution in [3.63, 3.8) is 0 Å². The second kappa shape index (κ2) is 7.82. The predicted octanol–water partition coefficient (Wildman–Crippen LogP) is 3.50. The number of nitrogens with zero attached hydrogens (tertiary/aromatic N) is 3. The van der Waals surface area contributed by atoms with Gasteiger partial charge in [0.15, 0.2) is 5.52 Å². The zero-order valence-electron chi connectivity index (χ0n) is 15.1. The van der Waals surface area contributed by atoms with E-state index >= 15 is 0 Å². The van der Waals surface area contributed by atoms with Crippen LogP contribution in [0.1, 0.15) is 11.1 Å². The molecule has 2 aromatic carbocycles. The molecule has 4 rings (SSSR count). The lowest BCUT2D eigenvalue weighted by Crippen LogP contribution is -2.41. The molecule has 0 amide bonds. The fraction of sp³-hybridized carbons (Fsp3) is 0.136. The minimum absolute atomic E-state index is 0.173. The summed E-state index contributed by atoms with van der Waals surface area (Å²) in [5.41, 5.74) is 2.09. The van der Waals surface area contributed by atoms with Crippen molar-refractivity contribution in [1.82, 2.24) is 14.1 Å². The van der Waals surface area contributed by atoms with Gasteiger partial charge < -0.3 is 0 Å². The van der Waals surface area contributed by atoms with Crippen LogP contribution in [-0.2, 0) is 19.5 Å². The molecule has 28 heavy (non-hydrogen) atoms. The molecule has 0 aliphatic rings. The minimum Gasteiger partial charge on any atom is -0.291 e. The Morgan fingerprint density at radius 1 is 0.821 bits per heavy atom. The predicted molar refractivity (Wildman–Crippen MR) is 111 cm³/mol. The van der Waals surface area contributed by atoms with Crippen molar-refractivity contribution in [3.8, 4) is 0 Å². The quantitative estimate of drug-likeness (QED) is 0.523. The Balaban J connectivity index is 1.80. The van der Waals surface area contributed by atoms with Gasteiger partial charge >= 0.3 is 5.69 Å². The van der Waals surface area contributed by atoms with Crippen molar-refractivity contribution in [3.05, 3.63) is 110 Å². The zero-order chi connectivity index (χ0) is 19.5. The van der Waals surface area contributed by atoms with E-state index in [0.717, 1.165) is 11.1 Å². The maximum atomic E-state index is 13.2. The Hall–Kier alpha value is -3.18. The number of benzene rings is 2. The highest BCUT2D eigenvalue weighted by Crippen LogP contribution is 2.11. The molecule has 2 heterocycles. The maximum absolute atomic E-state index is 13.2. The third kappa shape index (κ3) is 3.62. The van der Waals surface area contributed by atoms with Gasteiger partial charge in [-0.2, -0.15) is 0 Å². The first-order chi connectivity index (χ1) is 13.6. The molecule has 4 aromatic rings. The topological polar surface area (TPSA) is 56.9 Å². The molecule has 0 aliphatic heterocycles. The fourth-order valence-corrected chi connectivity index (χ4v) is 3.38. The van der Waals surface area contributed by atoms with Crippen molar-refractivity contribution in [1.29, 1.82) is 0 Å². The summed E-state index contributed by atoms with van der Waals surface area (Å²) in [5, 5.41) is 0.608. The largest absolute Gasteiger partial charge is 0.331 e. The molecule has 0 saturated carbocycles. The van der Waals surface area contributed by atoms with Crippen molar-refractivity contribution in [2.45, 2.75) is 19.5 Å². The van der Waals surface area contributed by atoms with E-state index in [1.54, 1.807) is 35.0 Å². The van der Waals surface area contributed by atoms with Gasteiger partial charge in [-0.15, -0.1) is 0 Å². The van der Waals surface area contributed by atoms with E-state index in [-0.39, 0.29) is 17.8 Å². The number of hydrogen-bond donors (Lipinski definition) is 0. The smallest absolute Gasteiger partial charge is 0.291 e. The minimum atomic E-state index is -0.383. The van der Waals surface area contributed by atoms with Gasteiger partial charge in [0.25, 0.3) is 5.56 Å². The third-order valence-corrected chi connectivity index (χ3v) is 4.96. The molecule has 2 aromatic heterocycles. The lowest BCUT2D eigenvalue weighted by molar-refractivity contribution is 0.599. The molecular weight excluding hydrogens is 374 g/mol. The number of pyridine rings is 1. The number of halogens is 1. The molecule has 0 aliphatic carbocycles.